The maximum absolute atomic E-state index is 12.9. The zero-order valence-electron chi connectivity index (χ0n) is 12.9. The molecule has 0 radical (unpaired) electrons. The molecule has 0 bridgehead atoms. The van der Waals surface area contributed by atoms with E-state index in [1.54, 1.807) is 25.3 Å². The minimum Gasteiger partial charge on any atom is -0.497 e. The van der Waals surface area contributed by atoms with Gasteiger partial charge in [0, 0.05) is 26.2 Å². The summed E-state index contributed by atoms with van der Waals surface area (Å²) < 4.78 is 18.1. The first-order valence-electron chi connectivity index (χ1n) is 6.54. The summed E-state index contributed by atoms with van der Waals surface area (Å²) in [4.78, 5) is 15.5. The molecule has 0 aromatic heterocycles. The van der Waals surface area contributed by atoms with Gasteiger partial charge in [0.15, 0.2) is 5.83 Å². The van der Waals surface area contributed by atoms with E-state index in [0.717, 1.165) is 18.8 Å². The predicted molar refractivity (Wildman–Crippen MR) is 83.7 cm³/mol. The fraction of sp³-hybridized carbons (Fsp3) is 0.400. The molecular weight excluding hydrogens is 273 g/mol. The lowest BCUT2D eigenvalue weighted by molar-refractivity contribution is -0.114. The van der Waals surface area contributed by atoms with Gasteiger partial charge in [0.2, 0.25) is 0 Å². The Bertz CT molecular complexity index is 518. The smallest absolute Gasteiger partial charge is 0.283 e. The van der Waals surface area contributed by atoms with Crippen molar-refractivity contribution in [3.05, 3.63) is 30.6 Å². The Hall–Kier alpha value is -2.08. The van der Waals surface area contributed by atoms with Crippen LogP contribution in [-0.2, 0) is 4.79 Å². The topological polar surface area (TPSA) is 44.8 Å². The molecule has 0 aliphatic heterocycles. The molecular formula is C15H22FN3O2. The molecule has 0 fully saturated rings. The molecule has 1 amide bonds. The minimum absolute atomic E-state index is 0.515. The third-order valence-corrected chi connectivity index (χ3v) is 2.99. The lowest BCUT2D eigenvalue weighted by atomic mass is 10.2. The van der Waals surface area contributed by atoms with Crippen molar-refractivity contribution in [2.75, 3.05) is 51.6 Å². The summed E-state index contributed by atoms with van der Waals surface area (Å²) in [5, 5.41) is 2.51. The summed E-state index contributed by atoms with van der Waals surface area (Å²) in [6.07, 6.45) is 0. The van der Waals surface area contributed by atoms with E-state index in [4.69, 9.17) is 4.74 Å². The largest absolute Gasteiger partial charge is 0.497 e. The molecule has 5 nitrogen and oxygen atoms in total. The van der Waals surface area contributed by atoms with Crippen LogP contribution in [0.15, 0.2) is 30.6 Å². The Kier molecular flexibility index (Phi) is 6.17. The summed E-state index contributed by atoms with van der Waals surface area (Å²) in [5.41, 5.74) is 1.27. The molecule has 0 aliphatic rings. The number of hydrogen-bond acceptors (Lipinski definition) is 4. The second-order valence-corrected chi connectivity index (χ2v) is 4.97. The molecule has 1 aromatic rings. The Morgan fingerprint density at radius 1 is 1.33 bits per heavy atom. The number of benzene rings is 1. The molecule has 116 valence electrons. The van der Waals surface area contributed by atoms with Crippen molar-refractivity contribution in [3.8, 4) is 5.75 Å². The first kappa shape index (κ1) is 17.0. The summed E-state index contributed by atoms with van der Waals surface area (Å²) >= 11 is 0. The van der Waals surface area contributed by atoms with E-state index in [1.807, 2.05) is 26.0 Å². The molecule has 6 heteroatoms. The minimum atomic E-state index is -1.02. The fourth-order valence-electron chi connectivity index (χ4n) is 1.72. The van der Waals surface area contributed by atoms with Crippen LogP contribution in [0.2, 0.25) is 0 Å². The third-order valence-electron chi connectivity index (χ3n) is 2.99. The van der Waals surface area contributed by atoms with Crippen LogP contribution in [0.1, 0.15) is 0 Å². The van der Waals surface area contributed by atoms with E-state index in [9.17, 15) is 9.18 Å². The van der Waals surface area contributed by atoms with Crippen molar-refractivity contribution < 1.29 is 13.9 Å². The number of rotatable bonds is 7. The zero-order valence-corrected chi connectivity index (χ0v) is 12.9. The Balaban J connectivity index is 3.01. The highest BCUT2D eigenvalue weighted by atomic mass is 19.1. The molecule has 0 aliphatic carbocycles. The number of methoxy groups -OCH3 is 1. The molecule has 1 aromatic carbocycles. The normalized spacial score (nSPS) is 10.4. The molecule has 0 unspecified atom stereocenters. The van der Waals surface area contributed by atoms with Crippen LogP contribution in [0.25, 0.3) is 0 Å². The molecule has 1 N–H and O–H groups in total. The van der Waals surface area contributed by atoms with E-state index in [1.165, 1.54) is 0 Å². The van der Waals surface area contributed by atoms with Crippen molar-refractivity contribution >= 4 is 17.3 Å². The second-order valence-electron chi connectivity index (χ2n) is 4.97. The molecule has 0 heterocycles. The van der Waals surface area contributed by atoms with Crippen LogP contribution < -0.4 is 15.0 Å². The van der Waals surface area contributed by atoms with Gasteiger partial charge < -0.3 is 19.9 Å². The number of hydrogen-bond donors (Lipinski definition) is 1. The maximum atomic E-state index is 12.9. The Morgan fingerprint density at radius 3 is 2.52 bits per heavy atom. The van der Waals surface area contributed by atoms with Gasteiger partial charge in [-0.25, -0.2) is 4.39 Å². The number of nitrogens with one attached hydrogen (secondary N) is 1. The maximum Gasteiger partial charge on any atom is 0.283 e. The first-order chi connectivity index (χ1) is 9.85. The van der Waals surface area contributed by atoms with E-state index >= 15 is 0 Å². The Labute approximate surface area is 125 Å². The highest BCUT2D eigenvalue weighted by Crippen LogP contribution is 2.30. The number of nitrogens with zero attached hydrogens (tertiary/aromatic N) is 2. The number of carbonyl (C=O) groups is 1. The van der Waals surface area contributed by atoms with Gasteiger partial charge in [-0.05, 0) is 26.2 Å². The zero-order chi connectivity index (χ0) is 16.0. The molecule has 0 saturated carbocycles. The van der Waals surface area contributed by atoms with Gasteiger partial charge in [-0.1, -0.05) is 6.58 Å². The van der Waals surface area contributed by atoms with Crippen LogP contribution in [0.4, 0.5) is 15.8 Å². The monoisotopic (exact) mass is 295 g/mol. The molecule has 1 rings (SSSR count). The molecule has 0 saturated heterocycles. The average Bonchev–Trinajstić information content (AvgIpc) is 2.44. The van der Waals surface area contributed by atoms with E-state index in [-0.39, 0.29) is 0 Å². The number of likely N-dealkylation sites (N-methyl/N-ethyl adjacent to an activating group) is 2. The van der Waals surface area contributed by atoms with Crippen molar-refractivity contribution in [1.29, 1.82) is 0 Å². The van der Waals surface area contributed by atoms with Crippen LogP contribution in [0, 0.1) is 0 Å². The van der Waals surface area contributed by atoms with Crippen LogP contribution >= 0.6 is 0 Å². The van der Waals surface area contributed by atoms with Gasteiger partial charge in [0.05, 0.1) is 18.5 Å². The quantitative estimate of drug-likeness (QED) is 0.783. The number of carbonyl (C=O) groups excluding carboxylic acids is 1. The average molecular weight is 295 g/mol. The third kappa shape index (κ3) is 5.07. The lowest BCUT2D eigenvalue weighted by Gasteiger charge is -2.24. The van der Waals surface area contributed by atoms with E-state index in [0.29, 0.717) is 11.4 Å². The standard InChI is InChI=1S/C15H22FN3O2/c1-11(16)15(20)17-13-7-6-12(21-5)10-14(13)19(4)9-8-18(2)3/h6-7,10H,1,8-9H2,2-5H3,(H,17,20). The SMILES string of the molecule is C=C(F)C(=O)Nc1ccc(OC)cc1N(C)CCN(C)C. The Morgan fingerprint density at radius 2 is 2.00 bits per heavy atom. The van der Waals surface area contributed by atoms with Crippen LogP contribution in [-0.4, -0.2) is 52.1 Å². The highest BCUT2D eigenvalue weighted by Gasteiger charge is 2.13. The fourth-order valence-corrected chi connectivity index (χ4v) is 1.72. The number of amides is 1. The summed E-state index contributed by atoms with van der Waals surface area (Å²) in [6.45, 7) is 4.59. The van der Waals surface area contributed by atoms with Crippen molar-refractivity contribution in [1.82, 2.24) is 4.90 Å². The van der Waals surface area contributed by atoms with E-state index < -0.39 is 11.7 Å². The summed E-state index contributed by atoms with van der Waals surface area (Å²) in [5.74, 6) is -1.20. The first-order valence-corrected chi connectivity index (χ1v) is 6.54. The van der Waals surface area contributed by atoms with Crippen LogP contribution in [0.5, 0.6) is 5.75 Å². The summed E-state index contributed by atoms with van der Waals surface area (Å²) in [6, 6.07) is 5.19. The van der Waals surface area contributed by atoms with E-state index in [2.05, 4.69) is 16.8 Å². The molecule has 0 atom stereocenters. The van der Waals surface area contributed by atoms with Gasteiger partial charge in [-0.2, -0.15) is 0 Å². The van der Waals surface area contributed by atoms with Crippen molar-refractivity contribution in [3.63, 3.8) is 0 Å². The van der Waals surface area contributed by atoms with Gasteiger partial charge in [-0.3, -0.25) is 4.79 Å². The van der Waals surface area contributed by atoms with Gasteiger partial charge >= 0.3 is 0 Å². The van der Waals surface area contributed by atoms with Gasteiger partial charge in [0.1, 0.15) is 5.75 Å². The van der Waals surface area contributed by atoms with Gasteiger partial charge in [-0.15, -0.1) is 0 Å². The number of ether oxygens (including phenoxy) is 1. The molecule has 21 heavy (non-hydrogen) atoms. The summed E-state index contributed by atoms with van der Waals surface area (Å²) in [7, 11) is 7.43. The van der Waals surface area contributed by atoms with Crippen molar-refractivity contribution in [2.24, 2.45) is 0 Å². The van der Waals surface area contributed by atoms with Gasteiger partial charge in [0.25, 0.3) is 5.91 Å². The number of halogens is 1. The molecule has 0 spiro atoms. The second kappa shape index (κ2) is 7.64. The number of anilines is 2. The highest BCUT2D eigenvalue weighted by molar-refractivity contribution is 6.03. The van der Waals surface area contributed by atoms with Crippen LogP contribution in [0.3, 0.4) is 0 Å². The van der Waals surface area contributed by atoms with Crippen molar-refractivity contribution in [2.45, 2.75) is 0 Å². The lowest BCUT2D eigenvalue weighted by Crippen LogP contribution is -2.29. The predicted octanol–water partition coefficient (Wildman–Crippen LogP) is 2.11.